The number of aliphatic imine (C=N–C) groups is 1. The molecule has 2 N–H and O–H groups in total. The Morgan fingerprint density at radius 2 is 2.00 bits per heavy atom. The largest absolute Gasteiger partial charge is 0.356 e. The first-order valence-corrected chi connectivity index (χ1v) is 9.18. The molecule has 0 amide bonds. The Hall–Kier alpha value is -1.57. The van der Waals surface area contributed by atoms with E-state index >= 15 is 0 Å². The lowest BCUT2D eigenvalue weighted by Gasteiger charge is -2.12. The number of hydrogen-bond donors (Lipinski definition) is 2. The van der Waals surface area contributed by atoms with E-state index in [0.717, 1.165) is 43.6 Å². The van der Waals surface area contributed by atoms with Crippen LogP contribution < -0.4 is 10.6 Å². The second kappa shape index (κ2) is 9.94. The Bertz CT molecular complexity index is 710. The van der Waals surface area contributed by atoms with E-state index in [1.165, 1.54) is 17.7 Å². The Balaban J connectivity index is 0.00000243. The van der Waals surface area contributed by atoms with Gasteiger partial charge in [0, 0.05) is 32.4 Å². The fourth-order valence-corrected chi connectivity index (χ4v) is 3.37. The summed E-state index contributed by atoms with van der Waals surface area (Å²) in [5.74, 6) is 2.32. The first kappa shape index (κ1) is 20.7. The summed E-state index contributed by atoms with van der Waals surface area (Å²) in [5.41, 5.74) is 3.77. The highest BCUT2D eigenvalue weighted by molar-refractivity contribution is 14.0. The zero-order valence-electron chi connectivity index (χ0n) is 15.9. The maximum absolute atomic E-state index is 4.49. The highest BCUT2D eigenvalue weighted by Gasteiger charge is 2.37. The van der Waals surface area contributed by atoms with Crippen molar-refractivity contribution in [1.82, 2.24) is 20.4 Å². The van der Waals surface area contributed by atoms with Crippen LogP contribution in [0.1, 0.15) is 35.7 Å². The van der Waals surface area contributed by atoms with E-state index in [0.29, 0.717) is 5.92 Å². The molecule has 0 aliphatic heterocycles. The van der Waals surface area contributed by atoms with Gasteiger partial charge >= 0.3 is 0 Å². The monoisotopic (exact) mass is 467 g/mol. The van der Waals surface area contributed by atoms with Gasteiger partial charge in [0.1, 0.15) is 0 Å². The first-order chi connectivity index (χ1) is 12.2. The molecule has 26 heavy (non-hydrogen) atoms. The van der Waals surface area contributed by atoms with Gasteiger partial charge < -0.3 is 10.6 Å². The van der Waals surface area contributed by atoms with Crippen LogP contribution in [0.5, 0.6) is 0 Å². The lowest BCUT2D eigenvalue weighted by molar-refractivity contribution is 0.554. The minimum atomic E-state index is 0. The Morgan fingerprint density at radius 1 is 1.23 bits per heavy atom. The molecule has 5 nitrogen and oxygen atoms in total. The zero-order valence-corrected chi connectivity index (χ0v) is 18.2. The van der Waals surface area contributed by atoms with E-state index in [1.807, 2.05) is 14.0 Å². The minimum Gasteiger partial charge on any atom is -0.356 e. The van der Waals surface area contributed by atoms with Gasteiger partial charge in [0.2, 0.25) is 0 Å². The average molecular weight is 467 g/mol. The number of nitrogens with one attached hydrogen (secondary N) is 2. The molecule has 1 aromatic heterocycles. The lowest BCUT2D eigenvalue weighted by atomic mass is 10.1. The molecule has 2 unspecified atom stereocenters. The van der Waals surface area contributed by atoms with Crippen molar-refractivity contribution >= 4 is 29.9 Å². The molecular weight excluding hydrogens is 437 g/mol. The predicted octanol–water partition coefficient (Wildman–Crippen LogP) is 3.48. The summed E-state index contributed by atoms with van der Waals surface area (Å²) in [7, 11) is 1.83. The van der Waals surface area contributed by atoms with Crippen LogP contribution in [0.2, 0.25) is 0 Å². The smallest absolute Gasteiger partial charge is 0.190 e. The standard InChI is InChI=1S/C20H29N5.HI/c1-15-12-16(2)25(24-15)11-7-10-22-20(21-3)23-14-18-13-19(18)17-8-5-4-6-9-17;/h4-6,8-9,12,18-19H,7,10-11,13-14H2,1-3H3,(H2,21,22,23);1H. The van der Waals surface area contributed by atoms with Gasteiger partial charge in [-0.2, -0.15) is 5.10 Å². The van der Waals surface area contributed by atoms with E-state index < -0.39 is 0 Å². The second-order valence-corrected chi connectivity index (χ2v) is 6.90. The third kappa shape index (κ3) is 5.72. The number of hydrogen-bond acceptors (Lipinski definition) is 2. The van der Waals surface area contributed by atoms with Crippen molar-refractivity contribution in [1.29, 1.82) is 0 Å². The highest BCUT2D eigenvalue weighted by Crippen LogP contribution is 2.46. The molecule has 1 aliphatic carbocycles. The van der Waals surface area contributed by atoms with Crippen LogP contribution in [0, 0.1) is 19.8 Å². The van der Waals surface area contributed by atoms with Crippen molar-refractivity contribution in [2.24, 2.45) is 10.9 Å². The number of rotatable bonds is 7. The van der Waals surface area contributed by atoms with Gasteiger partial charge in [-0.1, -0.05) is 30.3 Å². The van der Waals surface area contributed by atoms with Crippen LogP contribution in [0.15, 0.2) is 41.4 Å². The van der Waals surface area contributed by atoms with Gasteiger partial charge in [-0.3, -0.25) is 9.67 Å². The van der Waals surface area contributed by atoms with E-state index in [9.17, 15) is 0 Å². The van der Waals surface area contributed by atoms with Crippen LogP contribution >= 0.6 is 24.0 Å². The van der Waals surface area contributed by atoms with Gasteiger partial charge in [-0.25, -0.2) is 0 Å². The maximum atomic E-state index is 4.49. The van der Waals surface area contributed by atoms with Crippen LogP contribution in [-0.4, -0.2) is 35.9 Å². The van der Waals surface area contributed by atoms with Crippen LogP contribution in [0.4, 0.5) is 0 Å². The van der Waals surface area contributed by atoms with Crippen LogP contribution in [0.25, 0.3) is 0 Å². The second-order valence-electron chi connectivity index (χ2n) is 6.90. The first-order valence-electron chi connectivity index (χ1n) is 9.18. The summed E-state index contributed by atoms with van der Waals surface area (Å²) in [4.78, 5) is 4.32. The molecule has 0 saturated heterocycles. The third-order valence-electron chi connectivity index (χ3n) is 4.85. The highest BCUT2D eigenvalue weighted by atomic mass is 127. The molecule has 1 aromatic carbocycles. The Kier molecular flexibility index (Phi) is 7.93. The SMILES string of the molecule is CN=C(NCCCn1nc(C)cc1C)NCC1CC1c1ccccc1.I. The van der Waals surface area contributed by atoms with Crippen LogP contribution in [-0.2, 0) is 6.54 Å². The average Bonchev–Trinajstić information content (AvgIpc) is 3.33. The van der Waals surface area contributed by atoms with Crippen molar-refractivity contribution in [2.45, 2.75) is 39.2 Å². The molecule has 0 spiro atoms. The number of aromatic nitrogens is 2. The molecule has 2 atom stereocenters. The van der Waals surface area contributed by atoms with Crippen molar-refractivity contribution < 1.29 is 0 Å². The topological polar surface area (TPSA) is 54.2 Å². The molecule has 2 aromatic rings. The quantitative estimate of drug-likeness (QED) is 0.284. The molecule has 3 rings (SSSR count). The molecule has 0 radical (unpaired) electrons. The number of nitrogens with zero attached hydrogens (tertiary/aromatic N) is 3. The van der Waals surface area contributed by atoms with Crippen molar-refractivity contribution in [3.63, 3.8) is 0 Å². The van der Waals surface area contributed by atoms with E-state index in [1.54, 1.807) is 0 Å². The van der Waals surface area contributed by atoms with E-state index in [4.69, 9.17) is 0 Å². The van der Waals surface area contributed by atoms with Crippen LogP contribution in [0.3, 0.4) is 0 Å². The van der Waals surface area contributed by atoms with Crippen molar-refractivity contribution in [3.8, 4) is 0 Å². The Morgan fingerprint density at radius 3 is 2.65 bits per heavy atom. The van der Waals surface area contributed by atoms with Gasteiger partial charge in [0.15, 0.2) is 5.96 Å². The number of aryl methyl sites for hydroxylation is 3. The number of benzene rings is 1. The van der Waals surface area contributed by atoms with E-state index in [-0.39, 0.29) is 24.0 Å². The summed E-state index contributed by atoms with van der Waals surface area (Å²) < 4.78 is 2.07. The van der Waals surface area contributed by atoms with Gasteiger partial charge in [0.05, 0.1) is 5.69 Å². The van der Waals surface area contributed by atoms with E-state index in [2.05, 4.69) is 68.7 Å². The number of guanidine groups is 1. The fraction of sp³-hybridized carbons (Fsp3) is 0.500. The third-order valence-corrected chi connectivity index (χ3v) is 4.85. The molecular formula is C20H30IN5. The molecule has 1 aliphatic rings. The summed E-state index contributed by atoms with van der Waals surface area (Å²) >= 11 is 0. The summed E-state index contributed by atoms with van der Waals surface area (Å²) in [6.45, 7) is 6.95. The summed E-state index contributed by atoms with van der Waals surface area (Å²) in [5, 5.41) is 11.4. The normalized spacial score (nSPS) is 19.0. The molecule has 1 heterocycles. The summed E-state index contributed by atoms with van der Waals surface area (Å²) in [6.07, 6.45) is 2.30. The molecule has 1 fully saturated rings. The lowest BCUT2D eigenvalue weighted by Crippen LogP contribution is -2.39. The minimum absolute atomic E-state index is 0. The summed E-state index contributed by atoms with van der Waals surface area (Å²) in [6, 6.07) is 12.9. The molecule has 1 saturated carbocycles. The molecule has 6 heteroatoms. The van der Waals surface area contributed by atoms with Gasteiger partial charge in [-0.05, 0) is 50.2 Å². The van der Waals surface area contributed by atoms with Gasteiger partial charge in [-0.15, -0.1) is 24.0 Å². The predicted molar refractivity (Wildman–Crippen MR) is 118 cm³/mol. The number of halogens is 1. The molecule has 0 bridgehead atoms. The Labute approximate surface area is 173 Å². The zero-order chi connectivity index (χ0) is 17.6. The fourth-order valence-electron chi connectivity index (χ4n) is 3.37. The molecule has 142 valence electrons. The van der Waals surface area contributed by atoms with Crippen molar-refractivity contribution in [2.75, 3.05) is 20.1 Å². The van der Waals surface area contributed by atoms with Crippen molar-refractivity contribution in [3.05, 3.63) is 53.3 Å². The van der Waals surface area contributed by atoms with Gasteiger partial charge in [0.25, 0.3) is 0 Å². The maximum Gasteiger partial charge on any atom is 0.190 e.